The summed E-state index contributed by atoms with van der Waals surface area (Å²) in [5, 5.41) is 0. The molecule has 0 amide bonds. The quantitative estimate of drug-likeness (QED) is 0.521. The summed E-state index contributed by atoms with van der Waals surface area (Å²) in [7, 11) is 1.62. The molecular formula is C22H22N4O3. The molecule has 0 bridgehead atoms. The molecule has 0 fully saturated rings. The lowest BCUT2D eigenvalue weighted by atomic mass is 10.2. The molecule has 0 aliphatic carbocycles. The summed E-state index contributed by atoms with van der Waals surface area (Å²) in [6.07, 6.45) is -0.275. The van der Waals surface area contributed by atoms with Crippen LogP contribution in [-0.2, 0) is 11.3 Å². The Labute approximate surface area is 168 Å². The van der Waals surface area contributed by atoms with Crippen LogP contribution >= 0.6 is 0 Å². The SMILES string of the molecule is COc1ccccc1Cn1c(N)c(C(=O)OC(C)C)c2nc3ccccc3nc21. The lowest BCUT2D eigenvalue weighted by Gasteiger charge is -2.12. The maximum absolute atomic E-state index is 12.8. The fraction of sp³-hybridized carbons (Fsp3) is 0.227. The largest absolute Gasteiger partial charge is 0.496 e. The predicted molar refractivity (Wildman–Crippen MR) is 112 cm³/mol. The van der Waals surface area contributed by atoms with Gasteiger partial charge in [0.05, 0.1) is 30.8 Å². The summed E-state index contributed by atoms with van der Waals surface area (Å²) in [4.78, 5) is 22.2. The highest BCUT2D eigenvalue weighted by atomic mass is 16.5. The number of methoxy groups -OCH3 is 1. The van der Waals surface area contributed by atoms with Crippen molar-refractivity contribution in [3.05, 3.63) is 59.7 Å². The van der Waals surface area contributed by atoms with Gasteiger partial charge >= 0.3 is 5.97 Å². The molecule has 2 aromatic heterocycles. The molecule has 0 radical (unpaired) electrons. The van der Waals surface area contributed by atoms with Crippen LogP contribution in [0.3, 0.4) is 0 Å². The number of aromatic nitrogens is 3. The van der Waals surface area contributed by atoms with E-state index in [2.05, 4.69) is 4.98 Å². The van der Waals surface area contributed by atoms with Crippen LogP contribution in [0.15, 0.2) is 48.5 Å². The molecule has 7 nitrogen and oxygen atoms in total. The van der Waals surface area contributed by atoms with Crippen LogP contribution in [0.25, 0.3) is 22.2 Å². The molecule has 0 unspecified atom stereocenters. The van der Waals surface area contributed by atoms with Gasteiger partial charge in [0.15, 0.2) is 5.65 Å². The second kappa shape index (κ2) is 7.43. The highest BCUT2D eigenvalue weighted by Gasteiger charge is 2.26. The van der Waals surface area contributed by atoms with Crippen molar-refractivity contribution >= 4 is 34.0 Å². The maximum Gasteiger partial charge on any atom is 0.344 e. The number of carbonyl (C=O) groups excluding carboxylic acids is 1. The van der Waals surface area contributed by atoms with E-state index in [-0.39, 0.29) is 17.5 Å². The van der Waals surface area contributed by atoms with Gasteiger partial charge in [0, 0.05) is 5.56 Å². The average molecular weight is 390 g/mol. The normalized spacial score (nSPS) is 11.3. The number of hydrogen-bond acceptors (Lipinski definition) is 6. The van der Waals surface area contributed by atoms with Crippen molar-refractivity contribution in [3.8, 4) is 5.75 Å². The average Bonchev–Trinajstić information content (AvgIpc) is 2.97. The van der Waals surface area contributed by atoms with E-state index in [0.717, 1.165) is 16.8 Å². The van der Waals surface area contributed by atoms with Crippen molar-refractivity contribution in [2.45, 2.75) is 26.5 Å². The summed E-state index contributed by atoms with van der Waals surface area (Å²) in [6.45, 7) is 3.97. The van der Waals surface area contributed by atoms with E-state index < -0.39 is 5.97 Å². The summed E-state index contributed by atoms with van der Waals surface area (Å²) in [6, 6.07) is 15.2. The Morgan fingerprint density at radius 3 is 2.41 bits per heavy atom. The number of rotatable bonds is 5. The molecule has 2 aromatic carbocycles. The predicted octanol–water partition coefficient (Wildman–Crippen LogP) is 3.79. The minimum absolute atomic E-state index is 0.238. The molecule has 0 spiro atoms. The number of esters is 1. The standard InChI is InChI=1S/C22H22N4O3/c1-13(2)29-22(27)18-19-21(25-16-10-6-5-9-15(16)24-19)26(20(18)23)12-14-8-4-7-11-17(14)28-3/h4-11,13H,12,23H2,1-3H3. The van der Waals surface area contributed by atoms with Gasteiger partial charge < -0.3 is 19.8 Å². The minimum Gasteiger partial charge on any atom is -0.496 e. The van der Waals surface area contributed by atoms with E-state index in [0.29, 0.717) is 23.2 Å². The Hall–Kier alpha value is -3.61. The first-order valence-corrected chi connectivity index (χ1v) is 9.37. The first kappa shape index (κ1) is 18.7. The molecule has 29 heavy (non-hydrogen) atoms. The number of para-hydroxylation sites is 3. The third-order valence-corrected chi connectivity index (χ3v) is 4.66. The van der Waals surface area contributed by atoms with Crippen molar-refractivity contribution in [1.82, 2.24) is 14.5 Å². The van der Waals surface area contributed by atoms with Crippen molar-refractivity contribution < 1.29 is 14.3 Å². The Bertz CT molecular complexity index is 1210. The lowest BCUT2D eigenvalue weighted by Crippen LogP contribution is -2.14. The number of nitrogens with two attached hydrogens (primary N) is 1. The van der Waals surface area contributed by atoms with Crippen LogP contribution in [0, 0.1) is 0 Å². The molecule has 2 N–H and O–H groups in total. The van der Waals surface area contributed by atoms with Crippen molar-refractivity contribution in [1.29, 1.82) is 0 Å². The lowest BCUT2D eigenvalue weighted by molar-refractivity contribution is 0.0381. The summed E-state index contributed by atoms with van der Waals surface area (Å²) < 4.78 is 12.7. The van der Waals surface area contributed by atoms with Gasteiger partial charge in [0.1, 0.15) is 22.6 Å². The zero-order valence-electron chi connectivity index (χ0n) is 16.5. The van der Waals surface area contributed by atoms with Gasteiger partial charge in [-0.2, -0.15) is 0 Å². The maximum atomic E-state index is 12.8. The van der Waals surface area contributed by atoms with Crippen molar-refractivity contribution in [2.24, 2.45) is 0 Å². The molecule has 0 saturated heterocycles. The Morgan fingerprint density at radius 1 is 1.07 bits per heavy atom. The van der Waals surface area contributed by atoms with E-state index in [1.807, 2.05) is 48.5 Å². The highest BCUT2D eigenvalue weighted by molar-refractivity contribution is 6.08. The minimum atomic E-state index is -0.508. The first-order valence-electron chi connectivity index (χ1n) is 9.37. The van der Waals surface area contributed by atoms with Gasteiger partial charge in [-0.3, -0.25) is 0 Å². The zero-order chi connectivity index (χ0) is 20.5. The zero-order valence-corrected chi connectivity index (χ0v) is 16.5. The van der Waals surface area contributed by atoms with Gasteiger partial charge in [-0.25, -0.2) is 14.8 Å². The number of fused-ring (bicyclic) bond motifs is 2. The Morgan fingerprint density at radius 2 is 1.72 bits per heavy atom. The Balaban J connectivity index is 1.96. The van der Waals surface area contributed by atoms with Gasteiger partial charge in [0.2, 0.25) is 0 Å². The van der Waals surface area contributed by atoms with E-state index in [4.69, 9.17) is 20.2 Å². The summed E-state index contributed by atoms with van der Waals surface area (Å²) in [5.41, 5.74) is 9.96. The van der Waals surface area contributed by atoms with Gasteiger partial charge in [0.25, 0.3) is 0 Å². The number of carbonyl (C=O) groups is 1. The summed E-state index contributed by atoms with van der Waals surface area (Å²) in [5.74, 6) is 0.492. The monoisotopic (exact) mass is 390 g/mol. The molecule has 7 heteroatoms. The fourth-order valence-corrected chi connectivity index (χ4v) is 3.36. The number of anilines is 1. The third-order valence-electron chi connectivity index (χ3n) is 4.66. The topological polar surface area (TPSA) is 92.3 Å². The van der Waals surface area contributed by atoms with Crippen LogP contribution in [0.2, 0.25) is 0 Å². The molecule has 0 aliphatic heterocycles. The molecule has 4 rings (SSSR count). The van der Waals surface area contributed by atoms with Crippen LogP contribution < -0.4 is 10.5 Å². The van der Waals surface area contributed by atoms with Gasteiger partial charge in [-0.15, -0.1) is 0 Å². The number of hydrogen-bond donors (Lipinski definition) is 1. The highest BCUT2D eigenvalue weighted by Crippen LogP contribution is 2.31. The van der Waals surface area contributed by atoms with Gasteiger partial charge in [-0.05, 0) is 32.0 Å². The number of ether oxygens (including phenoxy) is 2. The number of benzene rings is 2. The van der Waals surface area contributed by atoms with E-state index in [9.17, 15) is 4.79 Å². The van der Waals surface area contributed by atoms with Gasteiger partial charge in [-0.1, -0.05) is 30.3 Å². The van der Waals surface area contributed by atoms with Crippen LogP contribution in [0.1, 0.15) is 29.8 Å². The van der Waals surface area contributed by atoms with Crippen molar-refractivity contribution in [2.75, 3.05) is 12.8 Å². The fourth-order valence-electron chi connectivity index (χ4n) is 3.36. The third kappa shape index (κ3) is 3.35. The first-order chi connectivity index (χ1) is 14.0. The number of nitrogens with zero attached hydrogens (tertiary/aromatic N) is 3. The molecule has 4 aromatic rings. The Kier molecular flexibility index (Phi) is 4.80. The molecule has 0 saturated carbocycles. The molecule has 2 heterocycles. The second-order valence-electron chi connectivity index (χ2n) is 7.00. The summed E-state index contributed by atoms with van der Waals surface area (Å²) >= 11 is 0. The second-order valence-corrected chi connectivity index (χ2v) is 7.00. The molecule has 0 aliphatic rings. The van der Waals surface area contributed by atoms with Crippen molar-refractivity contribution in [3.63, 3.8) is 0 Å². The number of nitrogen functional groups attached to an aromatic ring is 1. The van der Waals surface area contributed by atoms with Crippen LogP contribution in [-0.4, -0.2) is 33.7 Å². The van der Waals surface area contributed by atoms with Crippen LogP contribution in [0.5, 0.6) is 5.75 Å². The smallest absolute Gasteiger partial charge is 0.344 e. The van der Waals surface area contributed by atoms with E-state index in [1.54, 1.807) is 25.5 Å². The van der Waals surface area contributed by atoms with Crippen LogP contribution in [0.4, 0.5) is 5.82 Å². The molecule has 148 valence electrons. The molecular weight excluding hydrogens is 368 g/mol. The van der Waals surface area contributed by atoms with E-state index >= 15 is 0 Å². The molecule has 0 atom stereocenters. The van der Waals surface area contributed by atoms with E-state index in [1.165, 1.54) is 0 Å².